The average molecular weight is 359 g/mol. The highest BCUT2D eigenvalue weighted by Gasteiger charge is 2.28. The zero-order valence-electron chi connectivity index (χ0n) is 16.8. The molecule has 0 saturated carbocycles. The van der Waals surface area contributed by atoms with Crippen molar-refractivity contribution in [2.45, 2.75) is 52.7 Å². The summed E-state index contributed by atoms with van der Waals surface area (Å²) >= 11 is 0. The fraction of sp³-hybridized carbons (Fsp3) is 0.360. The predicted octanol–water partition coefficient (Wildman–Crippen LogP) is 5.66. The van der Waals surface area contributed by atoms with Crippen LogP contribution in [0, 0.1) is 13.8 Å². The summed E-state index contributed by atoms with van der Waals surface area (Å²) in [5.74, 6) is 0. The van der Waals surface area contributed by atoms with Gasteiger partial charge < -0.3 is 4.57 Å². The number of rotatable bonds is 4. The molecule has 0 N–H and O–H groups in total. The quantitative estimate of drug-likeness (QED) is 0.584. The Hall–Kier alpha value is -2.32. The largest absolute Gasteiger partial charge is 0.350 e. The molecular formula is C25H30N2. The highest BCUT2D eigenvalue weighted by Crippen LogP contribution is 2.35. The van der Waals surface area contributed by atoms with Gasteiger partial charge in [-0.1, -0.05) is 55.0 Å². The molecule has 0 radical (unpaired) electrons. The molecule has 0 aliphatic carbocycles. The lowest BCUT2D eigenvalue weighted by Gasteiger charge is -2.32. The van der Waals surface area contributed by atoms with Gasteiger partial charge in [-0.3, -0.25) is 4.90 Å². The van der Waals surface area contributed by atoms with Gasteiger partial charge in [0.05, 0.1) is 6.04 Å². The molecule has 0 fully saturated rings. The molecule has 140 valence electrons. The molecule has 2 heterocycles. The third-order valence-electron chi connectivity index (χ3n) is 5.90. The standard InChI is InChI=1S/C25H30N2/c1-4-21-10-12-22(13-11-21)18-27-16-6-15-26-14-5-7-24(26)25(27)23-17-19(2)8-9-20(23)3/h5,7-14,17,25H,4,6,15-16,18H2,1-3H3/t25-/m0/s1. The van der Waals surface area contributed by atoms with E-state index in [2.05, 4.69) is 91.0 Å². The summed E-state index contributed by atoms with van der Waals surface area (Å²) in [6, 6.07) is 20.9. The van der Waals surface area contributed by atoms with Crippen LogP contribution in [0.4, 0.5) is 0 Å². The van der Waals surface area contributed by atoms with Gasteiger partial charge in [0.15, 0.2) is 0 Å². The summed E-state index contributed by atoms with van der Waals surface area (Å²) in [7, 11) is 0. The molecule has 1 aliphatic heterocycles. The minimum Gasteiger partial charge on any atom is -0.350 e. The van der Waals surface area contributed by atoms with Crippen molar-refractivity contribution in [3.8, 4) is 0 Å². The maximum atomic E-state index is 2.67. The molecule has 2 nitrogen and oxygen atoms in total. The van der Waals surface area contributed by atoms with Crippen molar-refractivity contribution in [3.63, 3.8) is 0 Å². The fourth-order valence-electron chi connectivity index (χ4n) is 4.34. The second-order valence-corrected chi connectivity index (χ2v) is 7.88. The van der Waals surface area contributed by atoms with Crippen molar-refractivity contribution in [2.24, 2.45) is 0 Å². The SMILES string of the molecule is CCc1ccc(CN2CCCn3cccc3[C@@H]2c2cc(C)ccc2C)cc1. The number of fused-ring (bicyclic) bond motifs is 1. The van der Waals surface area contributed by atoms with E-state index in [9.17, 15) is 0 Å². The molecule has 1 atom stereocenters. The molecule has 2 aromatic carbocycles. The van der Waals surface area contributed by atoms with Crippen LogP contribution >= 0.6 is 0 Å². The Balaban J connectivity index is 1.74. The summed E-state index contributed by atoms with van der Waals surface area (Å²) in [6.45, 7) is 9.89. The van der Waals surface area contributed by atoms with E-state index < -0.39 is 0 Å². The Morgan fingerprint density at radius 3 is 2.48 bits per heavy atom. The van der Waals surface area contributed by atoms with Crippen molar-refractivity contribution in [2.75, 3.05) is 6.54 Å². The zero-order valence-corrected chi connectivity index (χ0v) is 16.8. The molecule has 0 bridgehead atoms. The number of aryl methyl sites for hydroxylation is 4. The molecule has 2 heteroatoms. The maximum absolute atomic E-state index is 2.67. The van der Waals surface area contributed by atoms with E-state index in [1.807, 2.05) is 0 Å². The first kappa shape index (κ1) is 18.1. The Morgan fingerprint density at radius 1 is 0.926 bits per heavy atom. The van der Waals surface area contributed by atoms with Gasteiger partial charge >= 0.3 is 0 Å². The minimum absolute atomic E-state index is 0.313. The highest BCUT2D eigenvalue weighted by molar-refractivity contribution is 5.38. The molecular weight excluding hydrogens is 328 g/mol. The topological polar surface area (TPSA) is 8.17 Å². The Labute approximate surface area is 163 Å². The molecule has 0 amide bonds. The van der Waals surface area contributed by atoms with Gasteiger partial charge in [-0.25, -0.2) is 0 Å². The van der Waals surface area contributed by atoms with E-state index in [0.29, 0.717) is 6.04 Å². The Kier molecular flexibility index (Phi) is 5.18. The summed E-state index contributed by atoms with van der Waals surface area (Å²) in [4.78, 5) is 2.67. The van der Waals surface area contributed by atoms with Crippen LogP contribution < -0.4 is 0 Å². The lowest BCUT2D eigenvalue weighted by molar-refractivity contribution is 0.220. The van der Waals surface area contributed by atoms with E-state index in [0.717, 1.165) is 26.1 Å². The molecule has 4 rings (SSSR count). The van der Waals surface area contributed by atoms with Crippen LogP contribution in [0.25, 0.3) is 0 Å². The third kappa shape index (κ3) is 3.72. The van der Waals surface area contributed by atoms with Gasteiger partial charge in [0.25, 0.3) is 0 Å². The number of hydrogen-bond donors (Lipinski definition) is 0. The van der Waals surface area contributed by atoms with E-state index >= 15 is 0 Å². The van der Waals surface area contributed by atoms with Crippen LogP contribution in [-0.4, -0.2) is 16.0 Å². The molecule has 27 heavy (non-hydrogen) atoms. The van der Waals surface area contributed by atoms with Gasteiger partial charge in [-0.15, -0.1) is 0 Å². The summed E-state index contributed by atoms with van der Waals surface area (Å²) in [5, 5.41) is 0. The second kappa shape index (κ2) is 7.74. The Bertz CT molecular complexity index is 904. The van der Waals surface area contributed by atoms with Crippen molar-refractivity contribution in [1.82, 2.24) is 9.47 Å². The first-order valence-corrected chi connectivity index (χ1v) is 10.2. The molecule has 0 spiro atoms. The van der Waals surface area contributed by atoms with Crippen LogP contribution in [-0.2, 0) is 19.5 Å². The number of nitrogens with zero attached hydrogens (tertiary/aromatic N) is 2. The smallest absolute Gasteiger partial charge is 0.0761 e. The molecule has 1 aromatic heterocycles. The van der Waals surface area contributed by atoms with E-state index in [-0.39, 0.29) is 0 Å². The minimum atomic E-state index is 0.313. The average Bonchev–Trinajstić information content (AvgIpc) is 3.06. The van der Waals surface area contributed by atoms with Crippen LogP contribution in [0.2, 0.25) is 0 Å². The Morgan fingerprint density at radius 2 is 1.70 bits per heavy atom. The first-order chi connectivity index (χ1) is 13.2. The van der Waals surface area contributed by atoms with Crippen molar-refractivity contribution >= 4 is 0 Å². The lowest BCUT2D eigenvalue weighted by Crippen LogP contribution is -2.30. The summed E-state index contributed by atoms with van der Waals surface area (Å²) in [5.41, 5.74) is 8.40. The van der Waals surface area contributed by atoms with Crippen LogP contribution in [0.3, 0.4) is 0 Å². The second-order valence-electron chi connectivity index (χ2n) is 7.88. The third-order valence-corrected chi connectivity index (χ3v) is 5.90. The number of aromatic nitrogens is 1. The normalized spacial score (nSPS) is 17.5. The summed E-state index contributed by atoms with van der Waals surface area (Å²) in [6.07, 6.45) is 4.53. The van der Waals surface area contributed by atoms with Crippen LogP contribution in [0.5, 0.6) is 0 Å². The maximum Gasteiger partial charge on any atom is 0.0761 e. The fourth-order valence-corrected chi connectivity index (χ4v) is 4.34. The number of hydrogen-bond acceptors (Lipinski definition) is 1. The van der Waals surface area contributed by atoms with Crippen molar-refractivity contribution in [1.29, 1.82) is 0 Å². The molecule has 0 unspecified atom stereocenters. The van der Waals surface area contributed by atoms with Gasteiger partial charge in [0, 0.05) is 31.5 Å². The van der Waals surface area contributed by atoms with Gasteiger partial charge in [0.2, 0.25) is 0 Å². The highest BCUT2D eigenvalue weighted by atomic mass is 15.2. The number of benzene rings is 2. The van der Waals surface area contributed by atoms with E-state index in [1.165, 1.54) is 39.9 Å². The van der Waals surface area contributed by atoms with Gasteiger partial charge in [-0.05, 0) is 61.1 Å². The van der Waals surface area contributed by atoms with Gasteiger partial charge in [0.1, 0.15) is 0 Å². The van der Waals surface area contributed by atoms with Crippen LogP contribution in [0.15, 0.2) is 60.8 Å². The van der Waals surface area contributed by atoms with Crippen molar-refractivity contribution < 1.29 is 0 Å². The molecule has 1 aliphatic rings. The first-order valence-electron chi connectivity index (χ1n) is 10.2. The monoisotopic (exact) mass is 358 g/mol. The van der Waals surface area contributed by atoms with E-state index in [1.54, 1.807) is 0 Å². The van der Waals surface area contributed by atoms with Crippen LogP contribution in [0.1, 0.15) is 52.9 Å². The van der Waals surface area contributed by atoms with Gasteiger partial charge in [-0.2, -0.15) is 0 Å². The molecule has 3 aromatic rings. The van der Waals surface area contributed by atoms with E-state index in [4.69, 9.17) is 0 Å². The summed E-state index contributed by atoms with van der Waals surface area (Å²) < 4.78 is 2.45. The molecule has 0 saturated heterocycles. The predicted molar refractivity (Wildman–Crippen MR) is 113 cm³/mol. The lowest BCUT2D eigenvalue weighted by atomic mass is 9.95. The van der Waals surface area contributed by atoms with Crippen molar-refractivity contribution in [3.05, 3.63) is 94.3 Å². The zero-order chi connectivity index (χ0) is 18.8.